The van der Waals surface area contributed by atoms with E-state index in [0.29, 0.717) is 11.3 Å². The number of unbranched alkanes of at least 4 members (excludes halogenated alkanes) is 7. The lowest BCUT2D eigenvalue weighted by atomic mass is 10.0. The maximum Gasteiger partial charge on any atom is 0.170 e. The van der Waals surface area contributed by atoms with Crippen LogP contribution in [0.2, 0.25) is 0 Å². The number of aryl methyl sites for hydroxylation is 3. The molecule has 0 aliphatic carbocycles. The SMILES string of the molecule is C=C(CC(=O)c1ccc(C)nc1)Nc1ccc(CCCCCC)c(C)c1.CC.CCCCCCC. The van der Waals surface area contributed by atoms with E-state index in [0.717, 1.165) is 17.8 Å². The van der Waals surface area contributed by atoms with Crippen molar-refractivity contribution in [3.63, 3.8) is 0 Å². The van der Waals surface area contributed by atoms with E-state index in [1.54, 1.807) is 6.20 Å². The van der Waals surface area contributed by atoms with Crippen LogP contribution >= 0.6 is 0 Å². The van der Waals surface area contributed by atoms with Gasteiger partial charge in [0.2, 0.25) is 0 Å². The fraction of sp³-hybridized carbons (Fsp3) is 0.562. The molecule has 35 heavy (non-hydrogen) atoms. The topological polar surface area (TPSA) is 42.0 Å². The summed E-state index contributed by atoms with van der Waals surface area (Å²) >= 11 is 0. The molecule has 1 aromatic heterocycles. The molecule has 0 fully saturated rings. The van der Waals surface area contributed by atoms with Gasteiger partial charge < -0.3 is 5.32 Å². The maximum absolute atomic E-state index is 12.3. The molecule has 0 aliphatic heterocycles. The summed E-state index contributed by atoms with van der Waals surface area (Å²) in [6, 6.07) is 10.1. The average molecular weight is 481 g/mol. The summed E-state index contributed by atoms with van der Waals surface area (Å²) in [7, 11) is 0. The third-order valence-corrected chi connectivity index (χ3v) is 5.78. The van der Waals surface area contributed by atoms with E-state index in [9.17, 15) is 4.79 Å². The van der Waals surface area contributed by atoms with Crippen LogP contribution in [-0.4, -0.2) is 10.8 Å². The van der Waals surface area contributed by atoms with Gasteiger partial charge in [-0.15, -0.1) is 0 Å². The van der Waals surface area contributed by atoms with Crippen molar-refractivity contribution in [1.29, 1.82) is 0 Å². The summed E-state index contributed by atoms with van der Waals surface area (Å²) < 4.78 is 0. The van der Waals surface area contributed by atoms with Crippen LogP contribution in [-0.2, 0) is 6.42 Å². The van der Waals surface area contributed by atoms with Crippen LogP contribution < -0.4 is 5.32 Å². The van der Waals surface area contributed by atoms with E-state index >= 15 is 0 Å². The van der Waals surface area contributed by atoms with Crippen molar-refractivity contribution < 1.29 is 4.79 Å². The number of nitrogens with one attached hydrogen (secondary N) is 1. The first-order chi connectivity index (χ1) is 16.9. The van der Waals surface area contributed by atoms with Crippen LogP contribution in [0, 0.1) is 13.8 Å². The maximum atomic E-state index is 12.3. The lowest BCUT2D eigenvalue weighted by molar-refractivity contribution is 0.0993. The van der Waals surface area contributed by atoms with E-state index < -0.39 is 0 Å². The molecule has 2 rings (SSSR count). The van der Waals surface area contributed by atoms with Crippen LogP contribution in [0.1, 0.15) is 126 Å². The highest BCUT2D eigenvalue weighted by atomic mass is 16.1. The van der Waals surface area contributed by atoms with Crippen molar-refractivity contribution in [2.75, 3.05) is 5.32 Å². The molecular weight excluding hydrogens is 428 g/mol. The van der Waals surface area contributed by atoms with Crippen LogP contribution in [0.15, 0.2) is 48.8 Å². The number of Topliss-reactive ketones (excluding diaryl/α,β-unsaturated/α-hetero) is 1. The second-order valence-corrected chi connectivity index (χ2v) is 9.03. The number of anilines is 1. The Hall–Kier alpha value is -2.42. The largest absolute Gasteiger partial charge is 0.359 e. The minimum absolute atomic E-state index is 0.0271. The number of carbonyl (C=O) groups is 1. The van der Waals surface area contributed by atoms with Gasteiger partial charge in [-0.05, 0) is 62.1 Å². The van der Waals surface area contributed by atoms with Gasteiger partial charge >= 0.3 is 0 Å². The smallest absolute Gasteiger partial charge is 0.170 e. The number of benzene rings is 1. The molecule has 0 saturated heterocycles. The second kappa shape index (κ2) is 20.9. The number of ketones is 1. The van der Waals surface area contributed by atoms with Gasteiger partial charge in [0.15, 0.2) is 5.78 Å². The van der Waals surface area contributed by atoms with Crippen molar-refractivity contribution in [1.82, 2.24) is 4.98 Å². The molecule has 196 valence electrons. The lowest BCUT2D eigenvalue weighted by Crippen LogP contribution is -2.07. The molecule has 0 radical (unpaired) electrons. The van der Waals surface area contributed by atoms with Gasteiger partial charge in [-0.2, -0.15) is 0 Å². The number of hydrogen-bond acceptors (Lipinski definition) is 3. The summed E-state index contributed by atoms with van der Waals surface area (Å²) in [6.45, 7) is 18.8. The van der Waals surface area contributed by atoms with Gasteiger partial charge in [0, 0.05) is 28.8 Å². The van der Waals surface area contributed by atoms with E-state index in [1.807, 2.05) is 32.9 Å². The summed E-state index contributed by atoms with van der Waals surface area (Å²) in [5.41, 5.74) is 5.90. The fourth-order valence-corrected chi connectivity index (χ4v) is 3.65. The standard InChI is InChI=1S/C23H30N2O.C7H16.C2H6/c1-5-6-7-8-9-20-12-13-22(14-17(20)2)25-19(4)15-23(26)21-11-10-18(3)24-16-21;1-3-5-7-6-4-2;1-2/h10-14,16,25H,4-9,15H2,1-3H3;3-7H2,1-2H3;1-2H3. The van der Waals surface area contributed by atoms with Crippen LogP contribution in [0.4, 0.5) is 5.69 Å². The van der Waals surface area contributed by atoms with E-state index in [-0.39, 0.29) is 12.2 Å². The first-order valence-electron chi connectivity index (χ1n) is 13.9. The second-order valence-electron chi connectivity index (χ2n) is 9.03. The van der Waals surface area contributed by atoms with Crippen LogP contribution in [0.5, 0.6) is 0 Å². The number of carbonyl (C=O) groups excluding carboxylic acids is 1. The van der Waals surface area contributed by atoms with E-state index in [1.165, 1.54) is 68.9 Å². The van der Waals surface area contributed by atoms with Crippen molar-refractivity contribution in [3.05, 3.63) is 71.2 Å². The Bertz CT molecular complexity index is 820. The molecule has 1 aromatic carbocycles. The Labute approximate surface area is 216 Å². The molecule has 3 heteroatoms. The molecule has 0 unspecified atom stereocenters. The highest BCUT2D eigenvalue weighted by Gasteiger charge is 2.09. The van der Waals surface area contributed by atoms with Gasteiger partial charge in [-0.25, -0.2) is 0 Å². The van der Waals surface area contributed by atoms with E-state index in [2.05, 4.69) is 62.8 Å². The summed E-state index contributed by atoms with van der Waals surface area (Å²) in [4.78, 5) is 16.5. The molecule has 0 bridgehead atoms. The first-order valence-corrected chi connectivity index (χ1v) is 13.9. The Morgan fingerprint density at radius 3 is 1.97 bits per heavy atom. The summed E-state index contributed by atoms with van der Waals surface area (Å²) in [5.74, 6) is 0.0271. The average Bonchev–Trinajstić information content (AvgIpc) is 2.85. The third kappa shape index (κ3) is 15.2. The lowest BCUT2D eigenvalue weighted by Gasteiger charge is -2.12. The van der Waals surface area contributed by atoms with Crippen LogP contribution in [0.3, 0.4) is 0 Å². The zero-order valence-electron chi connectivity index (χ0n) is 23.8. The summed E-state index contributed by atoms with van der Waals surface area (Å²) in [5, 5.41) is 3.26. The number of pyridine rings is 1. The molecule has 1 heterocycles. The first kappa shape index (κ1) is 32.6. The van der Waals surface area contributed by atoms with E-state index in [4.69, 9.17) is 0 Å². The van der Waals surface area contributed by atoms with Crippen molar-refractivity contribution >= 4 is 11.5 Å². The predicted molar refractivity (Wildman–Crippen MR) is 155 cm³/mol. The van der Waals surface area contributed by atoms with Gasteiger partial charge in [0.1, 0.15) is 0 Å². The van der Waals surface area contributed by atoms with Gasteiger partial charge in [0.25, 0.3) is 0 Å². The Morgan fingerprint density at radius 2 is 1.46 bits per heavy atom. The fourth-order valence-electron chi connectivity index (χ4n) is 3.65. The summed E-state index contributed by atoms with van der Waals surface area (Å²) in [6.07, 6.45) is 15.1. The Balaban J connectivity index is 0.00000110. The molecule has 3 nitrogen and oxygen atoms in total. The molecule has 0 atom stereocenters. The number of hydrogen-bond donors (Lipinski definition) is 1. The number of nitrogens with zero attached hydrogens (tertiary/aromatic N) is 1. The van der Waals surface area contributed by atoms with Crippen molar-refractivity contribution in [2.24, 2.45) is 0 Å². The highest BCUT2D eigenvalue weighted by Crippen LogP contribution is 2.20. The van der Waals surface area contributed by atoms with Gasteiger partial charge in [-0.1, -0.05) is 98.6 Å². The van der Waals surface area contributed by atoms with Gasteiger partial charge in [-0.3, -0.25) is 9.78 Å². The minimum atomic E-state index is 0.0271. The minimum Gasteiger partial charge on any atom is -0.359 e. The number of aromatic nitrogens is 1. The predicted octanol–water partition coefficient (Wildman–Crippen LogP) is 10.0. The normalized spacial score (nSPS) is 9.91. The zero-order chi connectivity index (χ0) is 26.5. The van der Waals surface area contributed by atoms with Crippen molar-refractivity contribution in [3.8, 4) is 0 Å². The monoisotopic (exact) mass is 480 g/mol. The molecule has 0 spiro atoms. The molecular formula is C32H52N2O. The van der Waals surface area contributed by atoms with Gasteiger partial charge in [0.05, 0.1) is 6.42 Å². The number of allylic oxidation sites excluding steroid dienone is 1. The zero-order valence-corrected chi connectivity index (χ0v) is 23.8. The highest BCUT2D eigenvalue weighted by molar-refractivity contribution is 5.97. The van der Waals surface area contributed by atoms with Crippen LogP contribution in [0.25, 0.3) is 0 Å². The molecule has 0 amide bonds. The molecule has 0 saturated carbocycles. The number of rotatable bonds is 14. The Kier molecular flexibility index (Phi) is 19.5. The van der Waals surface area contributed by atoms with Crippen molar-refractivity contribution in [2.45, 2.75) is 119 Å². The molecule has 2 aromatic rings. The molecule has 0 aliphatic rings. The molecule has 1 N–H and O–H groups in total. The Morgan fingerprint density at radius 1 is 0.857 bits per heavy atom. The quantitative estimate of drug-likeness (QED) is 0.216. The third-order valence-electron chi connectivity index (χ3n) is 5.78.